The number of aryl methyl sites for hydroxylation is 1. The van der Waals surface area contributed by atoms with Gasteiger partial charge in [-0.15, -0.1) is 12.3 Å². The van der Waals surface area contributed by atoms with Gasteiger partial charge in [0.05, 0.1) is 6.61 Å². The van der Waals surface area contributed by atoms with E-state index in [0.717, 1.165) is 5.56 Å². The lowest BCUT2D eigenvalue weighted by atomic mass is 10.2. The maximum atomic E-state index is 11.4. The monoisotopic (exact) mass is 253 g/mol. The molecule has 0 bridgehead atoms. The maximum absolute atomic E-state index is 11.4. The van der Waals surface area contributed by atoms with Crippen molar-refractivity contribution in [3.63, 3.8) is 0 Å². The summed E-state index contributed by atoms with van der Waals surface area (Å²) in [7, 11) is -3.76. The minimum Gasteiger partial charge on any atom is -0.492 e. The summed E-state index contributed by atoms with van der Waals surface area (Å²) in [5, 5.41) is 5.12. The van der Waals surface area contributed by atoms with Crippen molar-refractivity contribution in [2.45, 2.75) is 24.7 Å². The van der Waals surface area contributed by atoms with Crippen molar-refractivity contribution >= 4 is 10.0 Å². The number of hydrogen-bond donors (Lipinski definition) is 1. The van der Waals surface area contributed by atoms with E-state index in [1.165, 1.54) is 6.07 Å². The highest BCUT2D eigenvalue weighted by Crippen LogP contribution is 2.24. The van der Waals surface area contributed by atoms with Crippen molar-refractivity contribution in [3.8, 4) is 18.1 Å². The van der Waals surface area contributed by atoms with Crippen LogP contribution < -0.4 is 9.88 Å². The second-order valence-electron chi connectivity index (χ2n) is 3.65. The minimum atomic E-state index is -3.76. The predicted octanol–water partition coefficient (Wildman–Crippen LogP) is 1.43. The summed E-state index contributed by atoms with van der Waals surface area (Å²) in [5.41, 5.74) is 0.810. The molecule has 0 saturated carbocycles. The molecule has 17 heavy (non-hydrogen) atoms. The van der Waals surface area contributed by atoms with E-state index in [4.69, 9.17) is 16.3 Å². The molecule has 2 N–H and O–H groups in total. The molecule has 0 heterocycles. The molecule has 0 aromatic heterocycles. The third kappa shape index (κ3) is 4.10. The van der Waals surface area contributed by atoms with E-state index < -0.39 is 10.0 Å². The predicted molar refractivity (Wildman–Crippen MR) is 66.1 cm³/mol. The van der Waals surface area contributed by atoms with Crippen molar-refractivity contribution in [2.24, 2.45) is 5.14 Å². The number of unbranched alkanes of at least 4 members (excludes halogenated alkanes) is 1. The molecule has 4 nitrogen and oxygen atoms in total. The molecule has 0 aliphatic heterocycles. The van der Waals surface area contributed by atoms with Gasteiger partial charge in [-0.3, -0.25) is 0 Å². The summed E-state index contributed by atoms with van der Waals surface area (Å²) in [6, 6.07) is 4.86. The minimum absolute atomic E-state index is 0.0122. The van der Waals surface area contributed by atoms with Crippen LogP contribution in [0.4, 0.5) is 0 Å². The van der Waals surface area contributed by atoms with Crippen LogP contribution in [0.25, 0.3) is 0 Å². The smallest absolute Gasteiger partial charge is 0.241 e. The zero-order valence-corrected chi connectivity index (χ0v) is 10.5. The molecular formula is C12H15NO3S. The highest BCUT2D eigenvalue weighted by molar-refractivity contribution is 7.89. The molecule has 0 radical (unpaired) electrons. The second-order valence-corrected chi connectivity index (χ2v) is 5.18. The van der Waals surface area contributed by atoms with E-state index in [2.05, 4.69) is 5.92 Å². The molecule has 1 aromatic carbocycles. The molecule has 0 aliphatic carbocycles. The summed E-state index contributed by atoms with van der Waals surface area (Å²) >= 11 is 0. The maximum Gasteiger partial charge on any atom is 0.241 e. The van der Waals surface area contributed by atoms with E-state index in [1.54, 1.807) is 19.1 Å². The van der Waals surface area contributed by atoms with Crippen LogP contribution in [-0.4, -0.2) is 15.0 Å². The van der Waals surface area contributed by atoms with Gasteiger partial charge in [0.2, 0.25) is 10.0 Å². The first kappa shape index (κ1) is 13.6. The molecule has 92 valence electrons. The summed E-state index contributed by atoms with van der Waals surface area (Å²) in [5.74, 6) is 2.76. The lowest BCUT2D eigenvalue weighted by molar-refractivity contribution is 0.305. The van der Waals surface area contributed by atoms with Crippen LogP contribution in [0.15, 0.2) is 23.1 Å². The number of ether oxygens (including phenoxy) is 1. The van der Waals surface area contributed by atoms with E-state index in [0.29, 0.717) is 19.4 Å². The van der Waals surface area contributed by atoms with Gasteiger partial charge in [0.25, 0.3) is 0 Å². The Morgan fingerprint density at radius 1 is 1.47 bits per heavy atom. The zero-order chi connectivity index (χ0) is 12.9. The average molecular weight is 253 g/mol. The van der Waals surface area contributed by atoms with Crippen molar-refractivity contribution in [3.05, 3.63) is 23.8 Å². The van der Waals surface area contributed by atoms with E-state index in [1.807, 2.05) is 0 Å². The van der Waals surface area contributed by atoms with Gasteiger partial charge in [-0.05, 0) is 31.0 Å². The number of nitrogens with two attached hydrogens (primary N) is 1. The molecule has 0 saturated heterocycles. The van der Waals surface area contributed by atoms with E-state index in [9.17, 15) is 8.42 Å². The molecule has 5 heteroatoms. The molecule has 1 rings (SSSR count). The van der Waals surface area contributed by atoms with Crippen molar-refractivity contribution < 1.29 is 13.2 Å². The largest absolute Gasteiger partial charge is 0.492 e. The third-order valence-electron chi connectivity index (χ3n) is 2.13. The number of rotatable bonds is 5. The van der Waals surface area contributed by atoms with Crippen molar-refractivity contribution in [1.29, 1.82) is 0 Å². The van der Waals surface area contributed by atoms with Gasteiger partial charge < -0.3 is 4.74 Å². The number of terminal acetylenes is 1. The standard InChI is InChI=1S/C12H15NO3S/c1-3-4-5-8-16-11-7-6-10(2)9-12(11)17(13,14)15/h1,6-7,9H,4-5,8H2,2H3,(H2,13,14,15). The highest BCUT2D eigenvalue weighted by Gasteiger charge is 2.15. The fourth-order valence-corrected chi connectivity index (χ4v) is 2.07. The second kappa shape index (κ2) is 5.71. The van der Waals surface area contributed by atoms with Gasteiger partial charge in [0.1, 0.15) is 10.6 Å². The lowest BCUT2D eigenvalue weighted by Gasteiger charge is -2.10. The van der Waals surface area contributed by atoms with Crippen molar-refractivity contribution in [1.82, 2.24) is 0 Å². The van der Waals surface area contributed by atoms with Crippen LogP contribution in [0.1, 0.15) is 18.4 Å². The first-order chi connectivity index (χ1) is 7.95. The van der Waals surface area contributed by atoms with Crippen LogP contribution in [0.2, 0.25) is 0 Å². The average Bonchev–Trinajstić information content (AvgIpc) is 2.25. The Bertz CT molecular complexity index is 529. The summed E-state index contributed by atoms with van der Waals surface area (Å²) in [4.78, 5) is 0.0122. The van der Waals surface area contributed by atoms with Crippen LogP contribution >= 0.6 is 0 Å². The fraction of sp³-hybridized carbons (Fsp3) is 0.333. The lowest BCUT2D eigenvalue weighted by Crippen LogP contribution is -2.14. The van der Waals surface area contributed by atoms with Gasteiger partial charge in [0, 0.05) is 6.42 Å². The normalized spacial score (nSPS) is 10.9. The Balaban J connectivity index is 2.89. The summed E-state index contributed by atoms with van der Waals surface area (Å²) in [6.07, 6.45) is 6.37. The Hall–Kier alpha value is -1.51. The summed E-state index contributed by atoms with van der Waals surface area (Å²) in [6.45, 7) is 2.16. The molecule has 0 spiro atoms. The Labute approximate surface area is 102 Å². The summed E-state index contributed by atoms with van der Waals surface area (Å²) < 4.78 is 28.1. The van der Waals surface area contributed by atoms with Gasteiger partial charge in [0.15, 0.2) is 0 Å². The van der Waals surface area contributed by atoms with Gasteiger partial charge in [-0.1, -0.05) is 6.07 Å². The van der Waals surface area contributed by atoms with Crippen LogP contribution in [-0.2, 0) is 10.0 Å². The molecule has 0 unspecified atom stereocenters. The molecule has 0 atom stereocenters. The number of benzene rings is 1. The van der Waals surface area contributed by atoms with Gasteiger partial charge in [-0.2, -0.15) is 0 Å². The molecule has 0 amide bonds. The topological polar surface area (TPSA) is 69.4 Å². The van der Waals surface area contributed by atoms with Crippen LogP contribution in [0.3, 0.4) is 0 Å². The first-order valence-electron chi connectivity index (χ1n) is 5.15. The molecule has 0 aliphatic rings. The molecular weight excluding hydrogens is 238 g/mol. The van der Waals surface area contributed by atoms with Crippen molar-refractivity contribution in [2.75, 3.05) is 6.61 Å². The van der Waals surface area contributed by atoms with Gasteiger partial charge >= 0.3 is 0 Å². The SMILES string of the molecule is C#CCCCOc1ccc(C)cc1S(N)(=O)=O. The number of hydrogen-bond acceptors (Lipinski definition) is 3. The fourth-order valence-electron chi connectivity index (χ4n) is 1.31. The third-order valence-corrected chi connectivity index (χ3v) is 3.06. The number of primary sulfonamides is 1. The molecule has 0 fully saturated rings. The Kier molecular flexibility index (Phi) is 4.55. The first-order valence-corrected chi connectivity index (χ1v) is 6.69. The Morgan fingerprint density at radius 2 is 2.18 bits per heavy atom. The van der Waals surface area contributed by atoms with E-state index in [-0.39, 0.29) is 10.6 Å². The number of sulfonamides is 1. The van der Waals surface area contributed by atoms with Crippen LogP contribution in [0, 0.1) is 19.3 Å². The van der Waals surface area contributed by atoms with Crippen LogP contribution in [0.5, 0.6) is 5.75 Å². The highest BCUT2D eigenvalue weighted by atomic mass is 32.2. The Morgan fingerprint density at radius 3 is 2.76 bits per heavy atom. The quantitative estimate of drug-likeness (QED) is 0.637. The molecule has 1 aromatic rings. The van der Waals surface area contributed by atoms with Gasteiger partial charge in [-0.25, -0.2) is 13.6 Å². The van der Waals surface area contributed by atoms with E-state index >= 15 is 0 Å². The zero-order valence-electron chi connectivity index (χ0n) is 9.64.